The maximum Gasteiger partial charge on any atom is 0.143 e. The molecule has 12 rings (SSSR count). The zero-order valence-corrected chi connectivity index (χ0v) is 32.8. The Morgan fingerprint density at radius 1 is 0.339 bits per heavy atom. The summed E-state index contributed by atoms with van der Waals surface area (Å²) in [5, 5.41) is 9.85. The minimum absolute atomic E-state index is 0.905. The molecule has 0 unspecified atom stereocenters. The van der Waals surface area contributed by atoms with Crippen LogP contribution in [0.4, 0.5) is 17.1 Å². The van der Waals surface area contributed by atoms with Crippen molar-refractivity contribution in [3.8, 4) is 33.4 Å². The first-order valence-electron chi connectivity index (χ1n) is 20.1. The molecule has 276 valence electrons. The van der Waals surface area contributed by atoms with Crippen LogP contribution in [0, 0.1) is 0 Å². The van der Waals surface area contributed by atoms with E-state index in [1.165, 1.54) is 58.4 Å². The molecule has 12 aromatic rings. The minimum atomic E-state index is 0.905. The third-order valence-electron chi connectivity index (χ3n) is 11.9. The van der Waals surface area contributed by atoms with Crippen molar-refractivity contribution in [2.45, 2.75) is 0 Å². The number of benzene rings is 10. The maximum absolute atomic E-state index is 6.49. The highest BCUT2D eigenvalue weighted by Gasteiger charge is 2.21. The molecule has 3 heteroatoms. The molecule has 0 aliphatic carbocycles. The largest absolute Gasteiger partial charge is 0.455 e. The molecule has 0 saturated heterocycles. The molecule has 2 nitrogen and oxygen atoms in total. The molecule has 2 heterocycles. The monoisotopic (exact) mass is 769 g/mol. The van der Waals surface area contributed by atoms with Gasteiger partial charge in [0.15, 0.2) is 0 Å². The summed E-state index contributed by atoms with van der Waals surface area (Å²) in [6.45, 7) is 0. The second-order valence-corrected chi connectivity index (χ2v) is 16.3. The van der Waals surface area contributed by atoms with E-state index >= 15 is 0 Å². The first kappa shape index (κ1) is 33.7. The highest BCUT2D eigenvalue weighted by atomic mass is 32.1. The first-order valence-corrected chi connectivity index (χ1v) is 20.9. The molecule has 0 N–H and O–H groups in total. The zero-order valence-electron chi connectivity index (χ0n) is 32.0. The van der Waals surface area contributed by atoms with Gasteiger partial charge in [-0.3, -0.25) is 0 Å². The molecular weight excluding hydrogens is 735 g/mol. The van der Waals surface area contributed by atoms with Crippen LogP contribution in [0.15, 0.2) is 217 Å². The fourth-order valence-electron chi connectivity index (χ4n) is 9.08. The van der Waals surface area contributed by atoms with Crippen LogP contribution in [0.25, 0.3) is 97.0 Å². The Kier molecular flexibility index (Phi) is 7.75. The van der Waals surface area contributed by atoms with Gasteiger partial charge in [0.05, 0.1) is 5.69 Å². The molecule has 59 heavy (non-hydrogen) atoms. The van der Waals surface area contributed by atoms with Gasteiger partial charge in [-0.15, -0.1) is 11.3 Å². The number of para-hydroxylation sites is 2. The van der Waals surface area contributed by atoms with Crippen molar-refractivity contribution in [3.05, 3.63) is 212 Å². The highest BCUT2D eigenvalue weighted by Crippen LogP contribution is 2.47. The Balaban J connectivity index is 1.09. The lowest BCUT2D eigenvalue weighted by molar-refractivity contribution is 0.670. The predicted octanol–water partition coefficient (Wildman–Crippen LogP) is 16.7. The summed E-state index contributed by atoms with van der Waals surface area (Å²) >= 11 is 1.85. The van der Waals surface area contributed by atoms with Crippen LogP contribution in [0.1, 0.15) is 0 Å². The summed E-state index contributed by atoms with van der Waals surface area (Å²) in [4.78, 5) is 2.45. The van der Waals surface area contributed by atoms with Gasteiger partial charge in [-0.05, 0) is 92.3 Å². The quantitative estimate of drug-likeness (QED) is 0.157. The van der Waals surface area contributed by atoms with Crippen LogP contribution in [0.2, 0.25) is 0 Å². The van der Waals surface area contributed by atoms with E-state index in [0.717, 1.165) is 55.7 Å². The molecule has 0 spiro atoms. The van der Waals surface area contributed by atoms with E-state index in [2.05, 4.69) is 205 Å². The Morgan fingerprint density at radius 2 is 0.983 bits per heavy atom. The first-order chi connectivity index (χ1) is 29.2. The average Bonchev–Trinajstić information content (AvgIpc) is 3.88. The Labute approximate surface area is 345 Å². The van der Waals surface area contributed by atoms with Crippen molar-refractivity contribution in [1.82, 2.24) is 0 Å². The van der Waals surface area contributed by atoms with Crippen LogP contribution in [-0.4, -0.2) is 0 Å². The van der Waals surface area contributed by atoms with Gasteiger partial charge in [0.1, 0.15) is 11.2 Å². The molecule has 0 atom stereocenters. The number of anilines is 3. The van der Waals surface area contributed by atoms with Crippen LogP contribution in [0.5, 0.6) is 0 Å². The second kappa shape index (κ2) is 13.6. The van der Waals surface area contributed by atoms with Gasteiger partial charge in [-0.25, -0.2) is 0 Å². The topological polar surface area (TPSA) is 16.4 Å². The number of furan rings is 1. The third kappa shape index (κ3) is 5.55. The molecule has 0 aliphatic heterocycles. The number of thiophene rings is 1. The lowest BCUT2D eigenvalue weighted by Crippen LogP contribution is -2.11. The predicted molar refractivity (Wildman–Crippen MR) is 253 cm³/mol. The summed E-state index contributed by atoms with van der Waals surface area (Å²) < 4.78 is 9.05. The van der Waals surface area contributed by atoms with Crippen LogP contribution in [-0.2, 0) is 0 Å². The third-order valence-corrected chi connectivity index (χ3v) is 13.0. The van der Waals surface area contributed by atoms with Crippen LogP contribution in [0.3, 0.4) is 0 Å². The van der Waals surface area contributed by atoms with E-state index in [9.17, 15) is 0 Å². The van der Waals surface area contributed by atoms with Crippen molar-refractivity contribution in [1.29, 1.82) is 0 Å². The van der Waals surface area contributed by atoms with Gasteiger partial charge in [0.2, 0.25) is 0 Å². The SMILES string of the molecule is c1ccc(-c2ccc(-c3cc4ccccc4c4ccccc34)cc2N(c2ccc(-c3cccc4c3oc3ccccc34)cc2)c2ccc3c(c2)sc2ccccc23)cc1. The highest BCUT2D eigenvalue weighted by molar-refractivity contribution is 7.25. The standard InChI is InChI=1S/C56H35NOS/c1-2-13-36(14-3-1)43-31-27-39(51-33-38-15-4-5-16-42(38)45-17-6-7-18-46(45)51)34-52(43)57(41-30-32-49-48-20-9-11-24-54(48)59-55(49)35-41)40-28-25-37(26-29-40)44-21-12-22-50-47-19-8-10-23-53(47)58-56(44)50/h1-35H. The molecular formula is C56H35NOS. The molecule has 0 fully saturated rings. The van der Waals surface area contributed by atoms with E-state index < -0.39 is 0 Å². The number of rotatable bonds is 6. The minimum Gasteiger partial charge on any atom is -0.455 e. The van der Waals surface area contributed by atoms with E-state index in [1.807, 2.05) is 23.5 Å². The summed E-state index contributed by atoms with van der Waals surface area (Å²) in [7, 11) is 0. The fourth-order valence-corrected chi connectivity index (χ4v) is 10.2. The van der Waals surface area contributed by atoms with Crippen LogP contribution < -0.4 is 4.90 Å². The van der Waals surface area contributed by atoms with E-state index in [0.29, 0.717) is 0 Å². The summed E-state index contributed by atoms with van der Waals surface area (Å²) in [5.74, 6) is 0. The summed E-state index contributed by atoms with van der Waals surface area (Å²) in [6.07, 6.45) is 0. The Hall–Kier alpha value is -7.46. The molecule has 0 bridgehead atoms. The second-order valence-electron chi connectivity index (χ2n) is 15.2. The van der Waals surface area contributed by atoms with Crippen molar-refractivity contribution < 1.29 is 4.42 Å². The van der Waals surface area contributed by atoms with Crippen molar-refractivity contribution in [2.24, 2.45) is 0 Å². The lowest BCUT2D eigenvalue weighted by atomic mass is 9.91. The van der Waals surface area contributed by atoms with Crippen molar-refractivity contribution in [3.63, 3.8) is 0 Å². The smallest absolute Gasteiger partial charge is 0.143 e. The summed E-state index contributed by atoms with van der Waals surface area (Å²) in [6, 6.07) is 77.1. The maximum atomic E-state index is 6.49. The molecule has 2 aromatic heterocycles. The zero-order chi connectivity index (χ0) is 38.9. The van der Waals surface area contributed by atoms with Crippen LogP contribution >= 0.6 is 11.3 Å². The lowest BCUT2D eigenvalue weighted by Gasteiger charge is -2.29. The van der Waals surface area contributed by atoms with Gasteiger partial charge < -0.3 is 9.32 Å². The van der Waals surface area contributed by atoms with E-state index in [4.69, 9.17) is 4.42 Å². The normalized spacial score (nSPS) is 11.7. The average molecular weight is 770 g/mol. The molecule has 0 saturated carbocycles. The van der Waals surface area contributed by atoms with Gasteiger partial charge in [-0.2, -0.15) is 0 Å². The summed E-state index contributed by atoms with van der Waals surface area (Å²) in [5.41, 5.74) is 12.0. The number of hydrogen-bond acceptors (Lipinski definition) is 3. The molecule has 10 aromatic carbocycles. The van der Waals surface area contributed by atoms with Gasteiger partial charge in [0, 0.05) is 53.4 Å². The number of nitrogens with zero attached hydrogens (tertiary/aromatic N) is 1. The molecule has 0 aliphatic rings. The van der Waals surface area contributed by atoms with E-state index in [1.54, 1.807) is 0 Å². The molecule has 0 radical (unpaired) electrons. The molecule has 0 amide bonds. The Morgan fingerprint density at radius 3 is 1.85 bits per heavy atom. The van der Waals surface area contributed by atoms with Gasteiger partial charge >= 0.3 is 0 Å². The Bertz CT molecular complexity index is 3560. The number of hydrogen-bond donors (Lipinski definition) is 0. The van der Waals surface area contributed by atoms with Gasteiger partial charge in [0.25, 0.3) is 0 Å². The van der Waals surface area contributed by atoms with Gasteiger partial charge in [-0.1, -0.05) is 164 Å². The number of fused-ring (bicyclic) bond motifs is 9. The van der Waals surface area contributed by atoms with Crippen molar-refractivity contribution in [2.75, 3.05) is 4.90 Å². The van der Waals surface area contributed by atoms with E-state index in [-0.39, 0.29) is 0 Å². The van der Waals surface area contributed by atoms with Crippen molar-refractivity contribution >= 4 is 92.1 Å². The fraction of sp³-hybridized carbons (Fsp3) is 0.